The Hall–Kier alpha value is -0.160. The molecule has 34 heavy (non-hydrogen) atoms. The topological polar surface area (TPSA) is 80.9 Å². The van der Waals surface area contributed by atoms with Crippen LogP contribution in [0.15, 0.2) is 0 Å². The molecular formula is C30H52O4. The molecule has 0 amide bonds. The van der Waals surface area contributed by atoms with Crippen molar-refractivity contribution in [2.24, 2.45) is 56.7 Å². The third-order valence-electron chi connectivity index (χ3n) is 13.7. The van der Waals surface area contributed by atoms with Gasteiger partial charge in [0.25, 0.3) is 0 Å². The van der Waals surface area contributed by atoms with E-state index in [1.54, 1.807) is 0 Å². The van der Waals surface area contributed by atoms with Crippen LogP contribution < -0.4 is 0 Å². The average Bonchev–Trinajstić information content (AvgIpc) is 3.12. The summed E-state index contributed by atoms with van der Waals surface area (Å²) in [7, 11) is 0. The molecule has 0 aliphatic heterocycles. The molecule has 0 aromatic rings. The van der Waals surface area contributed by atoms with Crippen molar-refractivity contribution in [3.8, 4) is 0 Å². The molecule has 0 unspecified atom stereocenters. The predicted octanol–water partition coefficient (Wildman–Crippen LogP) is 5.16. The van der Waals surface area contributed by atoms with Crippen molar-refractivity contribution >= 4 is 0 Å². The van der Waals surface area contributed by atoms with E-state index in [1.165, 1.54) is 6.42 Å². The lowest BCUT2D eigenvalue weighted by Gasteiger charge is -2.73. The summed E-state index contributed by atoms with van der Waals surface area (Å²) < 4.78 is 0. The summed E-state index contributed by atoms with van der Waals surface area (Å²) in [4.78, 5) is 0. The van der Waals surface area contributed by atoms with Gasteiger partial charge in [0.1, 0.15) is 0 Å². The van der Waals surface area contributed by atoms with Crippen LogP contribution in [0, 0.1) is 56.7 Å². The van der Waals surface area contributed by atoms with Crippen molar-refractivity contribution in [1.29, 1.82) is 0 Å². The van der Waals surface area contributed by atoms with Gasteiger partial charge in [-0.2, -0.15) is 0 Å². The van der Waals surface area contributed by atoms with Gasteiger partial charge in [-0.3, -0.25) is 0 Å². The first-order valence-corrected chi connectivity index (χ1v) is 14.3. The highest BCUT2D eigenvalue weighted by Gasteiger charge is 2.72. The number of hydrogen-bond donors (Lipinski definition) is 4. The summed E-state index contributed by atoms with van der Waals surface area (Å²) >= 11 is 0. The van der Waals surface area contributed by atoms with Crippen LogP contribution in [0.5, 0.6) is 0 Å². The van der Waals surface area contributed by atoms with Crippen molar-refractivity contribution in [3.63, 3.8) is 0 Å². The van der Waals surface area contributed by atoms with Crippen LogP contribution in [0.1, 0.15) is 106 Å². The molecule has 0 radical (unpaired) electrons. The highest BCUT2D eigenvalue weighted by molar-refractivity contribution is 5.21. The Morgan fingerprint density at radius 3 is 2.12 bits per heavy atom. The average molecular weight is 477 g/mol. The van der Waals surface area contributed by atoms with E-state index in [2.05, 4.69) is 34.6 Å². The van der Waals surface area contributed by atoms with Gasteiger partial charge in [0.2, 0.25) is 0 Å². The fraction of sp³-hybridized carbons (Fsp3) is 1.00. The molecule has 5 saturated carbocycles. The number of hydrogen-bond acceptors (Lipinski definition) is 4. The Morgan fingerprint density at radius 2 is 1.50 bits per heavy atom. The van der Waals surface area contributed by atoms with E-state index >= 15 is 0 Å². The molecular weight excluding hydrogens is 424 g/mol. The highest BCUT2D eigenvalue weighted by atomic mass is 16.3. The van der Waals surface area contributed by atoms with Gasteiger partial charge in [0.05, 0.1) is 17.8 Å². The molecule has 0 aromatic heterocycles. The van der Waals surface area contributed by atoms with E-state index in [9.17, 15) is 20.4 Å². The molecule has 4 heteroatoms. The van der Waals surface area contributed by atoms with E-state index in [1.807, 2.05) is 13.8 Å². The first kappa shape index (κ1) is 25.5. The van der Waals surface area contributed by atoms with Crippen LogP contribution in [-0.2, 0) is 0 Å². The van der Waals surface area contributed by atoms with E-state index in [-0.39, 0.29) is 51.6 Å². The number of fused-ring (bicyclic) bond motifs is 7. The van der Waals surface area contributed by atoms with Gasteiger partial charge in [-0.25, -0.2) is 0 Å². The Balaban J connectivity index is 1.58. The first-order chi connectivity index (χ1) is 15.6. The molecule has 0 saturated heterocycles. The second-order valence-electron chi connectivity index (χ2n) is 15.5. The lowest BCUT2D eigenvalue weighted by Crippen LogP contribution is -2.70. The van der Waals surface area contributed by atoms with Gasteiger partial charge >= 0.3 is 0 Å². The molecule has 5 fully saturated rings. The van der Waals surface area contributed by atoms with Crippen LogP contribution in [0.25, 0.3) is 0 Å². The highest BCUT2D eigenvalue weighted by Crippen LogP contribution is 2.77. The Bertz CT molecular complexity index is 817. The van der Waals surface area contributed by atoms with Crippen LogP contribution in [0.4, 0.5) is 0 Å². The first-order valence-electron chi connectivity index (χ1n) is 14.3. The largest absolute Gasteiger partial charge is 0.396 e. The Labute approximate surface area is 207 Å². The summed E-state index contributed by atoms with van der Waals surface area (Å²) in [6, 6.07) is 0. The zero-order valence-electron chi connectivity index (χ0n) is 22.9. The Kier molecular flexibility index (Phi) is 5.59. The maximum Gasteiger partial charge on any atom is 0.0622 e. The fourth-order valence-corrected chi connectivity index (χ4v) is 12.0. The van der Waals surface area contributed by atoms with Crippen molar-refractivity contribution in [2.75, 3.05) is 6.61 Å². The molecule has 196 valence electrons. The molecule has 0 bridgehead atoms. The molecule has 5 aliphatic carbocycles. The minimum absolute atomic E-state index is 0.0211. The lowest BCUT2D eigenvalue weighted by molar-refractivity contribution is -0.279. The van der Waals surface area contributed by atoms with E-state index < -0.39 is 11.7 Å². The second kappa shape index (κ2) is 7.45. The predicted molar refractivity (Wildman–Crippen MR) is 135 cm³/mol. The molecule has 4 N–H and O–H groups in total. The fourth-order valence-electron chi connectivity index (χ4n) is 12.0. The molecule has 0 spiro atoms. The maximum atomic E-state index is 11.8. The second-order valence-corrected chi connectivity index (χ2v) is 15.5. The maximum absolute atomic E-state index is 11.8. The molecule has 5 aliphatic rings. The van der Waals surface area contributed by atoms with Gasteiger partial charge in [-0.15, -0.1) is 0 Å². The standard InChI is InChI=1S/C30H52O4/c1-25(2)22(33)11-12-27(5)21-9-8-19-23-18(26(3,4)34)10-13-30(23,17-31)15-14-28(19,6)29(21,7)16-20(32)24(25)27/h18-24,31-34H,8-17H2,1-7H3/t18-,19-,20+,21-,22+,23-,24+,27-,28-,29-,30-/m1/s1. The van der Waals surface area contributed by atoms with Crippen molar-refractivity contribution in [3.05, 3.63) is 0 Å². The third-order valence-corrected chi connectivity index (χ3v) is 13.7. The zero-order valence-corrected chi connectivity index (χ0v) is 22.9. The van der Waals surface area contributed by atoms with Gasteiger partial charge in [0.15, 0.2) is 0 Å². The molecule has 11 atom stereocenters. The van der Waals surface area contributed by atoms with Crippen LogP contribution in [0.2, 0.25) is 0 Å². The smallest absolute Gasteiger partial charge is 0.0622 e. The van der Waals surface area contributed by atoms with E-state index in [0.717, 1.165) is 51.4 Å². The van der Waals surface area contributed by atoms with Gasteiger partial charge < -0.3 is 20.4 Å². The summed E-state index contributed by atoms with van der Waals surface area (Å²) in [5.74, 6) is 1.71. The zero-order chi connectivity index (χ0) is 25.1. The molecule has 5 rings (SSSR count). The lowest BCUT2D eigenvalue weighted by atomic mass is 9.31. The number of rotatable bonds is 2. The minimum Gasteiger partial charge on any atom is -0.396 e. The van der Waals surface area contributed by atoms with Crippen molar-refractivity contribution in [1.82, 2.24) is 0 Å². The number of aliphatic hydroxyl groups is 4. The van der Waals surface area contributed by atoms with Crippen LogP contribution in [-0.4, -0.2) is 44.8 Å². The van der Waals surface area contributed by atoms with Crippen molar-refractivity contribution in [2.45, 2.75) is 124 Å². The SMILES string of the molecule is CC(C)(O)[C@@H]1CC[C@]2(CO)CC[C@]3(C)[C@H](CC[C@@H]4[C@@]5(C)CC[C@H](O)C(C)(C)[C@@H]5[C@@H](O)C[C@]43C)[C@@H]12. The molecule has 4 nitrogen and oxygen atoms in total. The van der Waals surface area contributed by atoms with Gasteiger partial charge in [0, 0.05) is 6.61 Å². The number of aliphatic hydroxyl groups excluding tert-OH is 3. The Morgan fingerprint density at radius 1 is 0.824 bits per heavy atom. The summed E-state index contributed by atoms with van der Waals surface area (Å²) in [6.45, 7) is 16.0. The summed E-state index contributed by atoms with van der Waals surface area (Å²) in [5, 5.41) is 44.6. The van der Waals surface area contributed by atoms with E-state index in [4.69, 9.17) is 0 Å². The quantitative estimate of drug-likeness (QED) is 0.444. The summed E-state index contributed by atoms with van der Waals surface area (Å²) in [6.07, 6.45) is 8.42. The minimum atomic E-state index is -0.732. The van der Waals surface area contributed by atoms with E-state index in [0.29, 0.717) is 17.8 Å². The molecule has 0 heterocycles. The van der Waals surface area contributed by atoms with Crippen molar-refractivity contribution < 1.29 is 20.4 Å². The molecule has 0 aromatic carbocycles. The van der Waals surface area contributed by atoms with Crippen LogP contribution in [0.3, 0.4) is 0 Å². The normalized spacial score (nSPS) is 56.7. The third kappa shape index (κ3) is 2.98. The summed E-state index contributed by atoms with van der Waals surface area (Å²) in [5.41, 5.74) is -0.921. The van der Waals surface area contributed by atoms with Gasteiger partial charge in [-0.05, 0) is 128 Å². The van der Waals surface area contributed by atoms with Gasteiger partial charge in [-0.1, -0.05) is 34.6 Å². The monoisotopic (exact) mass is 476 g/mol. The van der Waals surface area contributed by atoms with Crippen LogP contribution >= 0.6 is 0 Å².